The monoisotopic (exact) mass is 550 g/mol. The molecule has 0 radical (unpaired) electrons. The first kappa shape index (κ1) is 27.7. The summed E-state index contributed by atoms with van der Waals surface area (Å²) in [7, 11) is 0. The molecule has 41 heavy (non-hydrogen) atoms. The number of hydrogen-bond acceptors (Lipinski definition) is 7. The van der Waals surface area contributed by atoms with Crippen LogP contribution in [0.2, 0.25) is 0 Å². The number of carbonyl (C=O) groups is 1. The molecule has 0 spiro atoms. The predicted molar refractivity (Wildman–Crippen MR) is 166 cm³/mol. The van der Waals surface area contributed by atoms with Gasteiger partial charge in [0.25, 0.3) is 0 Å². The fourth-order valence-corrected chi connectivity index (χ4v) is 7.24. The van der Waals surface area contributed by atoms with Crippen molar-refractivity contribution in [3.05, 3.63) is 65.4 Å². The maximum absolute atomic E-state index is 13.7. The number of piperazine rings is 2. The Morgan fingerprint density at radius 3 is 2.59 bits per heavy atom. The van der Waals surface area contributed by atoms with Crippen molar-refractivity contribution in [3.8, 4) is 6.07 Å². The smallest absolute Gasteiger partial charge is 0.149 e. The number of nitrogens with one attached hydrogen (secondary N) is 1. The van der Waals surface area contributed by atoms with E-state index in [9.17, 15) is 10.1 Å². The molecule has 2 fully saturated rings. The SMILES string of the molecule is C[C@@H]1CN(c2ccc(C#N)c3ncccc23)C[C@H](C)N1CC(=O)C1CCCc2cc(N3CCNCC3)ccc2CC1. The summed E-state index contributed by atoms with van der Waals surface area (Å²) in [6.07, 6.45) is 6.83. The largest absolute Gasteiger partial charge is 0.369 e. The van der Waals surface area contributed by atoms with Crippen LogP contribution in [-0.2, 0) is 17.6 Å². The Morgan fingerprint density at radius 1 is 1.00 bits per heavy atom. The fourth-order valence-electron chi connectivity index (χ4n) is 7.24. The van der Waals surface area contributed by atoms with Gasteiger partial charge in [-0.25, -0.2) is 0 Å². The van der Waals surface area contributed by atoms with Gasteiger partial charge in [0.15, 0.2) is 0 Å². The number of Topliss-reactive ketones (excluding diaryl/α,β-unsaturated/α-hetero) is 1. The lowest BCUT2D eigenvalue weighted by molar-refractivity contribution is -0.125. The molecule has 214 valence electrons. The van der Waals surface area contributed by atoms with Gasteiger partial charge in [-0.1, -0.05) is 6.07 Å². The Hall–Kier alpha value is -3.47. The molecule has 3 heterocycles. The highest BCUT2D eigenvalue weighted by molar-refractivity contribution is 5.95. The van der Waals surface area contributed by atoms with Crippen LogP contribution in [0.15, 0.2) is 48.7 Å². The number of rotatable bonds is 5. The molecule has 1 aromatic heterocycles. The molecule has 0 amide bonds. The number of benzene rings is 2. The van der Waals surface area contributed by atoms with Crippen LogP contribution in [0.1, 0.15) is 49.8 Å². The third kappa shape index (κ3) is 5.82. The Morgan fingerprint density at radius 2 is 1.80 bits per heavy atom. The number of nitriles is 1. The Bertz CT molecular complexity index is 1430. The van der Waals surface area contributed by atoms with Crippen LogP contribution >= 0.6 is 0 Å². The van der Waals surface area contributed by atoms with Gasteiger partial charge in [-0.2, -0.15) is 5.26 Å². The van der Waals surface area contributed by atoms with E-state index in [2.05, 4.69) is 75.2 Å². The summed E-state index contributed by atoms with van der Waals surface area (Å²) < 4.78 is 0. The number of aryl methyl sites for hydroxylation is 2. The number of nitrogens with zero attached hydrogens (tertiary/aromatic N) is 5. The third-order valence-electron chi connectivity index (χ3n) is 9.54. The Labute approximate surface area is 244 Å². The average molecular weight is 551 g/mol. The van der Waals surface area contributed by atoms with Gasteiger partial charge in [0.1, 0.15) is 11.9 Å². The molecular weight excluding hydrogens is 508 g/mol. The maximum Gasteiger partial charge on any atom is 0.149 e. The van der Waals surface area contributed by atoms with E-state index in [1.165, 1.54) is 16.8 Å². The van der Waals surface area contributed by atoms with E-state index in [-0.39, 0.29) is 18.0 Å². The number of aromatic nitrogens is 1. The topological polar surface area (TPSA) is 75.5 Å². The van der Waals surface area contributed by atoms with Crippen molar-refractivity contribution in [1.82, 2.24) is 15.2 Å². The lowest BCUT2D eigenvalue weighted by atomic mass is 9.84. The number of pyridine rings is 1. The third-order valence-corrected chi connectivity index (χ3v) is 9.54. The molecule has 2 aromatic carbocycles. The van der Waals surface area contributed by atoms with Crippen LogP contribution < -0.4 is 15.1 Å². The molecule has 2 saturated heterocycles. The number of fused-ring (bicyclic) bond motifs is 2. The second kappa shape index (κ2) is 12.2. The first-order valence-electron chi connectivity index (χ1n) is 15.4. The van der Waals surface area contributed by atoms with Crippen molar-refractivity contribution >= 4 is 28.1 Å². The molecule has 1 N–H and O–H groups in total. The minimum atomic E-state index is 0.141. The molecule has 7 heteroatoms. The summed E-state index contributed by atoms with van der Waals surface area (Å²) in [6, 6.07) is 17.7. The predicted octanol–water partition coefficient (Wildman–Crippen LogP) is 4.57. The fraction of sp³-hybridized carbons (Fsp3) is 0.500. The summed E-state index contributed by atoms with van der Waals surface area (Å²) in [5.74, 6) is 0.549. The number of anilines is 2. The van der Waals surface area contributed by atoms with Crippen LogP contribution in [0, 0.1) is 17.2 Å². The van der Waals surface area contributed by atoms with Gasteiger partial charge in [0, 0.05) is 80.2 Å². The molecule has 0 bridgehead atoms. The molecule has 1 unspecified atom stereocenters. The first-order valence-corrected chi connectivity index (χ1v) is 15.4. The maximum atomic E-state index is 13.7. The molecule has 7 nitrogen and oxygen atoms in total. The van der Waals surface area contributed by atoms with E-state index in [0.29, 0.717) is 17.9 Å². The van der Waals surface area contributed by atoms with E-state index in [4.69, 9.17) is 0 Å². The molecular formula is C34H42N6O. The van der Waals surface area contributed by atoms with Crippen molar-refractivity contribution in [3.63, 3.8) is 0 Å². The van der Waals surface area contributed by atoms with Crippen molar-refractivity contribution in [2.75, 3.05) is 55.6 Å². The molecule has 3 aliphatic rings. The van der Waals surface area contributed by atoms with E-state index in [1.807, 2.05) is 12.1 Å². The second-order valence-electron chi connectivity index (χ2n) is 12.2. The standard InChI is InChI=1S/C34H42N6O/c1-24-21-39(32-13-11-29(20-35)34-31(32)7-4-14-37-34)22-25(2)40(24)23-33(41)27-5-3-6-28-19-30(12-10-26(28)8-9-27)38-17-15-36-16-18-38/h4,7,10-14,19,24-25,27,36H,3,5-6,8-9,15-18,21-23H2,1-2H3/t24-,25+,27?. The van der Waals surface area contributed by atoms with Crippen molar-refractivity contribution in [2.45, 2.75) is 58.0 Å². The summed E-state index contributed by atoms with van der Waals surface area (Å²) in [5.41, 5.74) is 6.76. The van der Waals surface area contributed by atoms with Crippen LogP contribution in [0.5, 0.6) is 0 Å². The summed E-state index contributed by atoms with van der Waals surface area (Å²) in [4.78, 5) is 25.5. The molecule has 2 aliphatic heterocycles. The van der Waals surface area contributed by atoms with Gasteiger partial charge < -0.3 is 15.1 Å². The van der Waals surface area contributed by atoms with Crippen LogP contribution in [0.25, 0.3) is 10.9 Å². The highest BCUT2D eigenvalue weighted by Gasteiger charge is 2.33. The van der Waals surface area contributed by atoms with E-state index < -0.39 is 0 Å². The zero-order valence-corrected chi connectivity index (χ0v) is 24.5. The van der Waals surface area contributed by atoms with Gasteiger partial charge in [0.05, 0.1) is 17.6 Å². The highest BCUT2D eigenvalue weighted by atomic mass is 16.1. The average Bonchev–Trinajstić information content (AvgIpc) is 2.99. The van der Waals surface area contributed by atoms with Gasteiger partial charge in [-0.15, -0.1) is 0 Å². The van der Waals surface area contributed by atoms with E-state index in [1.54, 1.807) is 6.20 Å². The van der Waals surface area contributed by atoms with Crippen molar-refractivity contribution in [2.24, 2.45) is 5.92 Å². The molecule has 3 aromatic rings. The van der Waals surface area contributed by atoms with E-state index >= 15 is 0 Å². The van der Waals surface area contributed by atoms with Crippen LogP contribution in [0.4, 0.5) is 11.4 Å². The number of hydrogen-bond donors (Lipinski definition) is 1. The van der Waals surface area contributed by atoms with Crippen LogP contribution in [0.3, 0.4) is 0 Å². The lowest BCUT2D eigenvalue weighted by Crippen LogP contribution is -2.58. The van der Waals surface area contributed by atoms with Gasteiger partial charge in [-0.05, 0) is 93.5 Å². The first-order chi connectivity index (χ1) is 20.0. The summed E-state index contributed by atoms with van der Waals surface area (Å²) >= 11 is 0. The van der Waals surface area contributed by atoms with Gasteiger partial charge in [0.2, 0.25) is 0 Å². The number of carbonyl (C=O) groups excluding carboxylic acids is 1. The molecule has 3 atom stereocenters. The molecule has 6 rings (SSSR count). The normalized spacial score (nSPS) is 23.9. The minimum absolute atomic E-state index is 0.141. The summed E-state index contributed by atoms with van der Waals surface area (Å²) in [5, 5.41) is 14.0. The second-order valence-corrected chi connectivity index (χ2v) is 12.2. The zero-order chi connectivity index (χ0) is 28.3. The van der Waals surface area contributed by atoms with Gasteiger partial charge in [-0.3, -0.25) is 14.7 Å². The van der Waals surface area contributed by atoms with E-state index in [0.717, 1.165) is 88.0 Å². The zero-order valence-electron chi connectivity index (χ0n) is 24.5. The molecule has 0 saturated carbocycles. The van der Waals surface area contributed by atoms with Crippen molar-refractivity contribution < 1.29 is 4.79 Å². The minimum Gasteiger partial charge on any atom is -0.369 e. The van der Waals surface area contributed by atoms with Gasteiger partial charge >= 0.3 is 0 Å². The lowest BCUT2D eigenvalue weighted by Gasteiger charge is -2.45. The highest BCUT2D eigenvalue weighted by Crippen LogP contribution is 2.32. The summed E-state index contributed by atoms with van der Waals surface area (Å²) in [6.45, 7) is 11.0. The Balaban J connectivity index is 1.09. The molecule has 1 aliphatic carbocycles. The quantitative estimate of drug-likeness (QED) is 0.499. The van der Waals surface area contributed by atoms with Crippen LogP contribution in [-0.4, -0.2) is 73.6 Å². The van der Waals surface area contributed by atoms with Crippen molar-refractivity contribution in [1.29, 1.82) is 5.26 Å². The Kier molecular flexibility index (Phi) is 8.23. The number of ketones is 1.